The Bertz CT molecular complexity index is 746. The van der Waals surface area contributed by atoms with E-state index in [-0.39, 0.29) is 5.91 Å². The maximum atomic E-state index is 12.2. The Morgan fingerprint density at radius 3 is 2.46 bits per heavy atom. The molecule has 126 valence electrons. The number of benzene rings is 1. The van der Waals surface area contributed by atoms with Gasteiger partial charge < -0.3 is 5.32 Å². The average molecular weight is 397 g/mol. The quantitative estimate of drug-likeness (QED) is 0.542. The van der Waals surface area contributed by atoms with Crippen molar-refractivity contribution in [3.63, 3.8) is 0 Å². The van der Waals surface area contributed by atoms with Crippen molar-refractivity contribution < 1.29 is 4.79 Å². The Kier molecular flexibility index (Phi) is 7.42. The van der Waals surface area contributed by atoms with Crippen molar-refractivity contribution in [2.75, 3.05) is 16.8 Å². The van der Waals surface area contributed by atoms with Crippen LogP contribution >= 0.6 is 46.6 Å². The summed E-state index contributed by atoms with van der Waals surface area (Å²) in [6.07, 6.45) is 0. The number of hydrogen-bond acceptors (Lipinski definition) is 8. The summed E-state index contributed by atoms with van der Waals surface area (Å²) in [6, 6.07) is 3.81. The van der Waals surface area contributed by atoms with Crippen molar-refractivity contribution in [2.45, 2.75) is 34.3 Å². The summed E-state index contributed by atoms with van der Waals surface area (Å²) in [4.78, 5) is 13.1. The molecule has 1 amide bonds. The van der Waals surface area contributed by atoms with Crippen LogP contribution in [0.2, 0.25) is 0 Å². The van der Waals surface area contributed by atoms with Gasteiger partial charge in [-0.3, -0.25) is 4.79 Å². The number of nitrogens with zero attached hydrogens (tertiary/aromatic N) is 3. The lowest BCUT2D eigenvalue weighted by Gasteiger charge is -2.12. The first-order chi connectivity index (χ1) is 11.5. The number of hydrogen-bond donors (Lipinski definition) is 1. The lowest BCUT2D eigenvalue weighted by atomic mass is 10.1. The van der Waals surface area contributed by atoms with Gasteiger partial charge in [0.2, 0.25) is 5.91 Å². The van der Waals surface area contributed by atoms with Crippen LogP contribution < -0.4 is 5.32 Å². The molecule has 0 radical (unpaired) electrons. The number of nitriles is 1. The summed E-state index contributed by atoms with van der Waals surface area (Å²) in [6.45, 7) is 5.92. The van der Waals surface area contributed by atoms with E-state index in [1.807, 2.05) is 26.0 Å². The summed E-state index contributed by atoms with van der Waals surface area (Å²) in [5.74, 6) is 1.17. The summed E-state index contributed by atoms with van der Waals surface area (Å²) in [7, 11) is 0. The van der Waals surface area contributed by atoms with Gasteiger partial charge in [0.1, 0.15) is 5.40 Å². The lowest BCUT2D eigenvalue weighted by molar-refractivity contribution is -0.113. The minimum atomic E-state index is -0.0771. The normalized spacial score (nSPS) is 10.4. The molecule has 2 aromatic rings. The molecule has 1 aromatic carbocycles. The minimum absolute atomic E-state index is 0.0771. The number of nitrogens with one attached hydrogen (secondary N) is 1. The van der Waals surface area contributed by atoms with E-state index >= 15 is 0 Å². The highest BCUT2D eigenvalue weighted by Gasteiger charge is 2.12. The van der Waals surface area contributed by atoms with Crippen molar-refractivity contribution >= 4 is 58.2 Å². The van der Waals surface area contributed by atoms with E-state index in [0.717, 1.165) is 47.9 Å². The molecule has 0 atom stereocenters. The third-order valence-corrected chi connectivity index (χ3v) is 6.55. The Morgan fingerprint density at radius 2 is 1.88 bits per heavy atom. The predicted octanol–water partition coefficient (Wildman–Crippen LogP) is 4.57. The van der Waals surface area contributed by atoms with Crippen molar-refractivity contribution in [1.82, 2.24) is 10.2 Å². The largest absolute Gasteiger partial charge is 0.325 e. The van der Waals surface area contributed by atoms with Gasteiger partial charge in [0, 0.05) is 10.6 Å². The maximum absolute atomic E-state index is 12.2. The molecule has 1 heterocycles. The molecule has 0 aliphatic carbocycles. The highest BCUT2D eigenvalue weighted by molar-refractivity contribution is 8.04. The van der Waals surface area contributed by atoms with Gasteiger partial charge in [0.15, 0.2) is 8.68 Å². The zero-order chi connectivity index (χ0) is 17.5. The van der Waals surface area contributed by atoms with E-state index in [1.54, 1.807) is 11.8 Å². The van der Waals surface area contributed by atoms with Crippen LogP contribution in [0.4, 0.5) is 5.69 Å². The van der Waals surface area contributed by atoms with Crippen LogP contribution in [0.15, 0.2) is 25.7 Å². The highest BCUT2D eigenvalue weighted by atomic mass is 32.2. The second-order valence-corrected chi connectivity index (χ2v) is 9.30. The summed E-state index contributed by atoms with van der Waals surface area (Å²) >= 11 is 5.67. The summed E-state index contributed by atoms with van der Waals surface area (Å²) < 4.78 is 1.73. The van der Waals surface area contributed by atoms with E-state index < -0.39 is 0 Å². The van der Waals surface area contributed by atoms with Gasteiger partial charge in [0.25, 0.3) is 0 Å². The maximum Gasteiger partial charge on any atom is 0.234 e. The molecule has 24 heavy (non-hydrogen) atoms. The molecule has 0 aliphatic heterocycles. The van der Waals surface area contributed by atoms with Crippen LogP contribution in [-0.4, -0.2) is 27.6 Å². The Labute approximate surface area is 158 Å². The van der Waals surface area contributed by atoms with Crippen molar-refractivity contribution in [3.8, 4) is 5.40 Å². The fourth-order valence-corrected chi connectivity index (χ4v) is 5.27. The molecule has 0 saturated carbocycles. The van der Waals surface area contributed by atoms with Crippen molar-refractivity contribution in [3.05, 3.63) is 23.3 Å². The molecule has 0 bridgehead atoms. The molecule has 1 aromatic heterocycles. The highest BCUT2D eigenvalue weighted by Crippen LogP contribution is 2.30. The first kappa shape index (κ1) is 19.1. The standard InChI is InChI=1S/C15H16N4OS4/c1-4-21-14-18-19-15(24-14)22-7-12(20)17-13-9(2)5-11(23-8-16)6-10(13)3/h5-6H,4,7H2,1-3H3,(H,17,20). The summed E-state index contributed by atoms with van der Waals surface area (Å²) in [5.41, 5.74) is 2.70. The third-order valence-electron chi connectivity index (χ3n) is 2.92. The van der Waals surface area contributed by atoms with E-state index in [2.05, 4.69) is 27.8 Å². The first-order valence-corrected chi connectivity index (χ1v) is 10.7. The fraction of sp³-hybridized carbons (Fsp3) is 0.333. The molecular weight excluding hydrogens is 380 g/mol. The fourth-order valence-electron chi connectivity index (χ4n) is 1.97. The van der Waals surface area contributed by atoms with Gasteiger partial charge in [-0.25, -0.2) is 0 Å². The van der Waals surface area contributed by atoms with Crippen LogP contribution in [0, 0.1) is 24.5 Å². The van der Waals surface area contributed by atoms with E-state index in [0.29, 0.717) is 5.75 Å². The molecule has 5 nitrogen and oxygen atoms in total. The number of carbonyl (C=O) groups is 1. The molecule has 2 rings (SSSR count). The third kappa shape index (κ3) is 5.41. The lowest BCUT2D eigenvalue weighted by Crippen LogP contribution is -2.15. The number of carbonyl (C=O) groups excluding carboxylic acids is 1. The topological polar surface area (TPSA) is 78.7 Å². The zero-order valence-corrected chi connectivity index (χ0v) is 16.7. The number of amides is 1. The average Bonchev–Trinajstić information content (AvgIpc) is 2.97. The zero-order valence-electron chi connectivity index (χ0n) is 13.5. The smallest absolute Gasteiger partial charge is 0.234 e. The monoisotopic (exact) mass is 396 g/mol. The SMILES string of the molecule is CCSc1nnc(SCC(=O)Nc2c(C)cc(SC#N)cc2C)s1. The number of rotatable bonds is 7. The summed E-state index contributed by atoms with van der Waals surface area (Å²) in [5, 5.41) is 21.9. The van der Waals surface area contributed by atoms with Gasteiger partial charge in [-0.15, -0.1) is 10.2 Å². The second kappa shape index (κ2) is 9.32. The van der Waals surface area contributed by atoms with Crippen LogP contribution in [0.5, 0.6) is 0 Å². The van der Waals surface area contributed by atoms with Crippen LogP contribution in [0.1, 0.15) is 18.1 Å². The Morgan fingerprint density at radius 1 is 1.25 bits per heavy atom. The molecule has 0 fully saturated rings. The van der Waals surface area contributed by atoms with Gasteiger partial charge >= 0.3 is 0 Å². The molecule has 0 unspecified atom stereocenters. The second-order valence-electron chi connectivity index (χ2n) is 4.73. The minimum Gasteiger partial charge on any atom is -0.325 e. The van der Waals surface area contributed by atoms with E-state index in [1.165, 1.54) is 23.1 Å². The van der Waals surface area contributed by atoms with Crippen LogP contribution in [-0.2, 0) is 4.79 Å². The van der Waals surface area contributed by atoms with Crippen LogP contribution in [0.25, 0.3) is 0 Å². The molecule has 0 saturated heterocycles. The molecule has 0 spiro atoms. The Balaban J connectivity index is 1.95. The van der Waals surface area contributed by atoms with Crippen molar-refractivity contribution in [1.29, 1.82) is 5.26 Å². The molecule has 0 aliphatic rings. The van der Waals surface area contributed by atoms with E-state index in [9.17, 15) is 4.79 Å². The van der Waals surface area contributed by atoms with Crippen molar-refractivity contribution in [2.24, 2.45) is 0 Å². The number of anilines is 1. The van der Waals surface area contributed by atoms with Gasteiger partial charge in [0.05, 0.1) is 5.75 Å². The predicted molar refractivity (Wildman–Crippen MR) is 103 cm³/mol. The van der Waals surface area contributed by atoms with Gasteiger partial charge in [-0.05, 0) is 54.6 Å². The van der Waals surface area contributed by atoms with Crippen LogP contribution in [0.3, 0.4) is 0 Å². The Hall–Kier alpha value is -1.21. The van der Waals surface area contributed by atoms with E-state index in [4.69, 9.17) is 5.26 Å². The van der Waals surface area contributed by atoms with Gasteiger partial charge in [-0.1, -0.05) is 41.8 Å². The first-order valence-electron chi connectivity index (χ1n) is 7.09. The molecule has 1 N–H and O–H groups in total. The molecular formula is C15H16N4OS4. The number of aromatic nitrogens is 2. The number of thioether (sulfide) groups is 3. The number of thiocyanates is 1. The number of aryl methyl sites for hydroxylation is 2. The molecule has 9 heteroatoms. The van der Waals surface area contributed by atoms with Gasteiger partial charge in [-0.2, -0.15) is 5.26 Å².